The van der Waals surface area contributed by atoms with Crippen molar-refractivity contribution in [3.63, 3.8) is 0 Å². The molecule has 1 atom stereocenters. The zero-order valence-electron chi connectivity index (χ0n) is 15.1. The van der Waals surface area contributed by atoms with Crippen molar-refractivity contribution in [2.75, 3.05) is 10.6 Å². The largest absolute Gasteiger partial charge is 0.373 e. The van der Waals surface area contributed by atoms with Gasteiger partial charge in [-0.1, -0.05) is 35.9 Å². The molecule has 0 saturated carbocycles. The molecular formula is C21H21N3OS. The SMILES string of the molecule is Cc1cc(C)c(-c2csc(NC(=O)C3Cc4ccccc4N3)n2)c(C)c1. The Morgan fingerprint density at radius 1 is 1.19 bits per heavy atom. The van der Waals surface area contributed by atoms with E-state index < -0.39 is 0 Å². The van der Waals surface area contributed by atoms with Gasteiger partial charge >= 0.3 is 0 Å². The zero-order chi connectivity index (χ0) is 18.3. The minimum atomic E-state index is -0.248. The number of amides is 1. The summed E-state index contributed by atoms with van der Waals surface area (Å²) in [6, 6.07) is 12.1. The third-order valence-corrected chi connectivity index (χ3v) is 5.51. The normalized spacial score (nSPS) is 15.4. The summed E-state index contributed by atoms with van der Waals surface area (Å²) < 4.78 is 0. The average Bonchev–Trinajstić information content (AvgIpc) is 3.20. The maximum atomic E-state index is 12.6. The van der Waals surface area contributed by atoms with Gasteiger partial charge in [0.05, 0.1) is 5.69 Å². The molecule has 0 saturated heterocycles. The second-order valence-electron chi connectivity index (χ2n) is 6.86. The highest BCUT2D eigenvalue weighted by Crippen LogP contribution is 2.31. The molecule has 1 amide bonds. The van der Waals surface area contributed by atoms with E-state index in [1.165, 1.54) is 33.6 Å². The Balaban J connectivity index is 1.50. The first kappa shape index (κ1) is 16.8. The number of carbonyl (C=O) groups excluding carboxylic acids is 1. The Kier molecular flexibility index (Phi) is 4.24. The van der Waals surface area contributed by atoms with E-state index >= 15 is 0 Å². The number of aryl methyl sites for hydroxylation is 3. The van der Waals surface area contributed by atoms with Crippen molar-refractivity contribution < 1.29 is 4.79 Å². The first-order valence-corrected chi connectivity index (χ1v) is 9.58. The molecule has 0 fully saturated rings. The van der Waals surface area contributed by atoms with E-state index in [0.29, 0.717) is 11.6 Å². The second kappa shape index (κ2) is 6.57. The van der Waals surface area contributed by atoms with Gasteiger partial charge in [-0.3, -0.25) is 4.79 Å². The lowest BCUT2D eigenvalue weighted by Crippen LogP contribution is -2.32. The van der Waals surface area contributed by atoms with Crippen LogP contribution >= 0.6 is 11.3 Å². The Hall–Kier alpha value is -2.66. The molecule has 0 spiro atoms. The van der Waals surface area contributed by atoms with Crippen LogP contribution in [0.1, 0.15) is 22.3 Å². The number of aromatic nitrogens is 1. The van der Waals surface area contributed by atoms with Gasteiger partial charge in [0.1, 0.15) is 6.04 Å². The topological polar surface area (TPSA) is 54.0 Å². The molecule has 0 aliphatic carbocycles. The van der Waals surface area contributed by atoms with Gasteiger partial charge in [-0.05, 0) is 43.5 Å². The van der Waals surface area contributed by atoms with Crippen molar-refractivity contribution in [2.45, 2.75) is 33.2 Å². The number of fused-ring (bicyclic) bond motifs is 1. The van der Waals surface area contributed by atoms with E-state index in [1.807, 2.05) is 23.6 Å². The van der Waals surface area contributed by atoms with E-state index in [2.05, 4.69) is 54.6 Å². The first-order valence-electron chi connectivity index (χ1n) is 8.70. The summed E-state index contributed by atoms with van der Waals surface area (Å²) in [7, 11) is 0. The van der Waals surface area contributed by atoms with Gasteiger partial charge in [0.2, 0.25) is 5.91 Å². The summed E-state index contributed by atoms with van der Waals surface area (Å²) in [6.45, 7) is 6.31. The van der Waals surface area contributed by atoms with Crippen LogP contribution < -0.4 is 10.6 Å². The fraction of sp³-hybridized carbons (Fsp3) is 0.238. The van der Waals surface area contributed by atoms with Gasteiger partial charge in [0.15, 0.2) is 5.13 Å². The van der Waals surface area contributed by atoms with Crippen LogP contribution in [0.5, 0.6) is 0 Å². The fourth-order valence-corrected chi connectivity index (χ4v) is 4.38. The standard InChI is InChI=1S/C21H21N3OS/c1-12-8-13(2)19(14(3)9-12)18-11-26-21(23-18)24-20(25)17-10-15-6-4-5-7-16(15)22-17/h4-9,11,17,22H,10H2,1-3H3,(H,23,24,25). The van der Waals surface area contributed by atoms with Crippen LogP contribution in [0.15, 0.2) is 41.8 Å². The predicted molar refractivity (Wildman–Crippen MR) is 108 cm³/mol. The minimum Gasteiger partial charge on any atom is -0.373 e. The number of nitrogens with one attached hydrogen (secondary N) is 2. The number of hydrogen-bond donors (Lipinski definition) is 2. The highest BCUT2D eigenvalue weighted by atomic mass is 32.1. The quantitative estimate of drug-likeness (QED) is 0.708. The average molecular weight is 363 g/mol. The molecule has 1 aliphatic rings. The lowest BCUT2D eigenvalue weighted by Gasteiger charge is -2.10. The molecule has 2 heterocycles. The van der Waals surface area contributed by atoms with Crippen molar-refractivity contribution in [2.24, 2.45) is 0 Å². The number of thiazole rings is 1. The van der Waals surface area contributed by atoms with Crippen molar-refractivity contribution in [3.05, 3.63) is 64.0 Å². The van der Waals surface area contributed by atoms with E-state index in [4.69, 9.17) is 0 Å². The van der Waals surface area contributed by atoms with Crippen LogP contribution in [0, 0.1) is 20.8 Å². The molecule has 4 nitrogen and oxygen atoms in total. The van der Waals surface area contributed by atoms with Crippen LogP contribution in [-0.4, -0.2) is 16.9 Å². The van der Waals surface area contributed by atoms with Gasteiger partial charge in [0.25, 0.3) is 0 Å². The molecule has 1 aromatic heterocycles. The van der Waals surface area contributed by atoms with Crippen LogP contribution in [0.2, 0.25) is 0 Å². The molecule has 26 heavy (non-hydrogen) atoms. The Morgan fingerprint density at radius 3 is 2.65 bits per heavy atom. The van der Waals surface area contributed by atoms with E-state index in [9.17, 15) is 4.79 Å². The summed E-state index contributed by atoms with van der Waals surface area (Å²) >= 11 is 1.47. The number of benzene rings is 2. The maximum Gasteiger partial charge on any atom is 0.248 e. The van der Waals surface area contributed by atoms with Crippen molar-refractivity contribution in [1.29, 1.82) is 0 Å². The highest BCUT2D eigenvalue weighted by molar-refractivity contribution is 7.14. The third kappa shape index (κ3) is 3.10. The molecule has 3 aromatic rings. The lowest BCUT2D eigenvalue weighted by molar-refractivity contribution is -0.116. The monoisotopic (exact) mass is 363 g/mol. The van der Waals surface area contributed by atoms with Gasteiger partial charge < -0.3 is 10.6 Å². The minimum absolute atomic E-state index is 0.0422. The number of anilines is 2. The van der Waals surface area contributed by atoms with Gasteiger partial charge in [-0.15, -0.1) is 11.3 Å². The molecule has 4 rings (SSSR count). The Morgan fingerprint density at radius 2 is 1.92 bits per heavy atom. The molecule has 1 unspecified atom stereocenters. The summed E-state index contributed by atoms with van der Waals surface area (Å²) in [5, 5.41) is 8.90. The van der Waals surface area contributed by atoms with Crippen LogP contribution in [0.25, 0.3) is 11.3 Å². The summed E-state index contributed by atoms with van der Waals surface area (Å²) in [6.07, 6.45) is 0.705. The number of para-hydroxylation sites is 1. The number of hydrogen-bond acceptors (Lipinski definition) is 4. The molecule has 132 valence electrons. The molecule has 2 aromatic carbocycles. The second-order valence-corrected chi connectivity index (χ2v) is 7.72. The van der Waals surface area contributed by atoms with Crippen molar-refractivity contribution >= 4 is 28.1 Å². The third-order valence-electron chi connectivity index (χ3n) is 4.76. The zero-order valence-corrected chi connectivity index (χ0v) is 15.9. The lowest BCUT2D eigenvalue weighted by atomic mass is 9.98. The number of nitrogens with zero attached hydrogens (tertiary/aromatic N) is 1. The van der Waals surface area contributed by atoms with Crippen LogP contribution in [0.4, 0.5) is 10.8 Å². The van der Waals surface area contributed by atoms with E-state index in [1.54, 1.807) is 0 Å². The number of carbonyl (C=O) groups is 1. The number of rotatable bonds is 3. The molecule has 0 bridgehead atoms. The van der Waals surface area contributed by atoms with Gasteiger partial charge in [-0.2, -0.15) is 0 Å². The first-order chi connectivity index (χ1) is 12.5. The van der Waals surface area contributed by atoms with Crippen molar-refractivity contribution in [1.82, 2.24) is 4.98 Å². The molecule has 1 aliphatic heterocycles. The predicted octanol–water partition coefficient (Wildman–Crippen LogP) is 4.71. The van der Waals surface area contributed by atoms with E-state index in [0.717, 1.165) is 16.9 Å². The van der Waals surface area contributed by atoms with Crippen LogP contribution in [-0.2, 0) is 11.2 Å². The molecule has 5 heteroatoms. The van der Waals surface area contributed by atoms with Crippen LogP contribution in [0.3, 0.4) is 0 Å². The smallest absolute Gasteiger partial charge is 0.248 e. The Bertz CT molecular complexity index is 944. The van der Waals surface area contributed by atoms with E-state index in [-0.39, 0.29) is 11.9 Å². The van der Waals surface area contributed by atoms with Gasteiger partial charge in [-0.25, -0.2) is 4.98 Å². The summed E-state index contributed by atoms with van der Waals surface area (Å²) in [4.78, 5) is 17.3. The fourth-order valence-electron chi connectivity index (χ4n) is 3.68. The van der Waals surface area contributed by atoms with Gasteiger partial charge in [0, 0.05) is 23.1 Å². The Labute approximate surface area is 157 Å². The molecular weight excluding hydrogens is 342 g/mol. The molecule has 0 radical (unpaired) electrons. The maximum absolute atomic E-state index is 12.6. The highest BCUT2D eigenvalue weighted by Gasteiger charge is 2.27. The molecule has 2 N–H and O–H groups in total. The summed E-state index contributed by atoms with van der Waals surface area (Å²) in [5.74, 6) is -0.0422. The summed E-state index contributed by atoms with van der Waals surface area (Å²) in [5.41, 5.74) is 7.95. The van der Waals surface area contributed by atoms with Crippen molar-refractivity contribution in [3.8, 4) is 11.3 Å².